The molecular weight excluding hydrogens is 307 g/mol. The van der Waals surface area contributed by atoms with E-state index in [9.17, 15) is 13.2 Å². The molecule has 0 heterocycles. The molecule has 0 radical (unpaired) electrons. The van der Waals surface area contributed by atoms with E-state index in [1.807, 2.05) is 0 Å². The minimum absolute atomic E-state index is 0.0872. The van der Waals surface area contributed by atoms with Crippen LogP contribution in [-0.4, -0.2) is 6.04 Å². The first-order chi connectivity index (χ1) is 8.47. The Labute approximate surface area is 113 Å². The van der Waals surface area contributed by atoms with Crippen molar-refractivity contribution in [1.29, 1.82) is 0 Å². The Morgan fingerprint density at radius 2 is 1.78 bits per heavy atom. The summed E-state index contributed by atoms with van der Waals surface area (Å²) in [6.07, 6.45) is 1.30. The Bertz CT molecular complexity index is 411. The van der Waals surface area contributed by atoms with Gasteiger partial charge >= 0.3 is 6.18 Å². The van der Waals surface area contributed by atoms with Crippen LogP contribution in [0.5, 0.6) is 0 Å². The van der Waals surface area contributed by atoms with Gasteiger partial charge in [-0.05, 0) is 31.0 Å². The zero-order chi connectivity index (χ0) is 13.2. The van der Waals surface area contributed by atoms with E-state index in [1.165, 1.54) is 18.6 Å². The summed E-state index contributed by atoms with van der Waals surface area (Å²) in [5.41, 5.74) is -0.0688. The molecule has 1 nitrogen and oxygen atoms in total. The van der Waals surface area contributed by atoms with Gasteiger partial charge in [-0.25, -0.2) is 0 Å². The number of nitrogens with one attached hydrogen (secondary N) is 1. The van der Waals surface area contributed by atoms with E-state index < -0.39 is 11.7 Å². The van der Waals surface area contributed by atoms with Crippen molar-refractivity contribution < 1.29 is 13.2 Å². The molecule has 0 bridgehead atoms. The average Bonchev–Trinajstić information content (AvgIpc) is 2.31. The molecule has 0 spiro atoms. The largest absolute Gasteiger partial charge is 0.417 e. The number of rotatable bonds is 2. The molecule has 18 heavy (non-hydrogen) atoms. The van der Waals surface area contributed by atoms with Gasteiger partial charge in [-0.3, -0.25) is 0 Å². The summed E-state index contributed by atoms with van der Waals surface area (Å²) in [5, 5.41) is 3.20. The normalized spacial score (nSPS) is 17.8. The van der Waals surface area contributed by atoms with Crippen molar-refractivity contribution in [3.63, 3.8) is 0 Å². The van der Waals surface area contributed by atoms with Crippen molar-refractivity contribution in [2.24, 2.45) is 0 Å². The maximum absolute atomic E-state index is 12.7. The predicted molar refractivity (Wildman–Crippen MR) is 69.6 cm³/mol. The van der Waals surface area contributed by atoms with Crippen molar-refractivity contribution in [2.45, 2.75) is 44.3 Å². The second-order valence-corrected chi connectivity index (χ2v) is 5.53. The van der Waals surface area contributed by atoms with Crippen molar-refractivity contribution in [3.8, 4) is 0 Å². The molecule has 0 amide bonds. The summed E-state index contributed by atoms with van der Waals surface area (Å²) in [6, 6.07) is 4.63. The summed E-state index contributed by atoms with van der Waals surface area (Å²) in [6.45, 7) is 0. The Morgan fingerprint density at radius 1 is 1.11 bits per heavy atom. The number of alkyl halides is 3. The number of hydrogen-bond donors (Lipinski definition) is 1. The maximum Gasteiger partial charge on any atom is 0.417 e. The van der Waals surface area contributed by atoms with Gasteiger partial charge in [0.15, 0.2) is 0 Å². The first-order valence-corrected chi connectivity index (χ1v) is 6.89. The fourth-order valence-electron chi connectivity index (χ4n) is 2.31. The third-order valence-electron chi connectivity index (χ3n) is 3.25. The molecule has 0 atom stereocenters. The van der Waals surface area contributed by atoms with Crippen LogP contribution in [0, 0.1) is 0 Å². The van der Waals surface area contributed by atoms with Gasteiger partial charge in [0.25, 0.3) is 0 Å². The van der Waals surface area contributed by atoms with Crippen LogP contribution in [-0.2, 0) is 6.18 Å². The molecule has 1 saturated carbocycles. The second kappa shape index (κ2) is 5.51. The lowest BCUT2D eigenvalue weighted by molar-refractivity contribution is -0.138. The number of benzene rings is 1. The SMILES string of the molecule is FC(F)(F)c1cc(NC2CCCCC2)ccc1Br. The average molecular weight is 322 g/mol. The zero-order valence-corrected chi connectivity index (χ0v) is 11.4. The van der Waals surface area contributed by atoms with Crippen LogP contribution in [0.4, 0.5) is 18.9 Å². The van der Waals surface area contributed by atoms with E-state index in [0.717, 1.165) is 25.7 Å². The molecule has 5 heteroatoms. The van der Waals surface area contributed by atoms with Gasteiger partial charge < -0.3 is 5.32 Å². The summed E-state index contributed by atoms with van der Waals surface area (Å²) >= 11 is 2.94. The van der Waals surface area contributed by atoms with E-state index in [4.69, 9.17) is 0 Å². The van der Waals surface area contributed by atoms with Crippen LogP contribution in [0.15, 0.2) is 22.7 Å². The number of hydrogen-bond acceptors (Lipinski definition) is 1. The third-order valence-corrected chi connectivity index (χ3v) is 3.94. The lowest BCUT2D eigenvalue weighted by Gasteiger charge is -2.24. The fourth-order valence-corrected chi connectivity index (χ4v) is 2.79. The monoisotopic (exact) mass is 321 g/mol. The van der Waals surface area contributed by atoms with Gasteiger partial charge in [-0.2, -0.15) is 13.2 Å². The molecule has 0 aliphatic heterocycles. The van der Waals surface area contributed by atoms with Gasteiger partial charge in [-0.15, -0.1) is 0 Å². The highest BCUT2D eigenvalue weighted by Crippen LogP contribution is 2.36. The number of halogens is 4. The predicted octanol–water partition coefficient (Wildman–Crippen LogP) is 5.21. The number of anilines is 1. The summed E-state index contributed by atoms with van der Waals surface area (Å²) in [7, 11) is 0. The molecule has 1 aliphatic rings. The molecule has 0 saturated heterocycles. The van der Waals surface area contributed by atoms with Crippen LogP contribution in [0.25, 0.3) is 0 Å². The smallest absolute Gasteiger partial charge is 0.382 e. The summed E-state index contributed by atoms with van der Waals surface area (Å²) < 4.78 is 38.3. The van der Waals surface area contributed by atoms with Crippen molar-refractivity contribution >= 4 is 21.6 Å². The minimum Gasteiger partial charge on any atom is -0.382 e. The van der Waals surface area contributed by atoms with Gasteiger partial charge in [0, 0.05) is 16.2 Å². The van der Waals surface area contributed by atoms with Gasteiger partial charge in [-0.1, -0.05) is 35.2 Å². The molecule has 1 N–H and O–H groups in total. The molecule has 1 aliphatic carbocycles. The zero-order valence-electron chi connectivity index (χ0n) is 9.86. The molecule has 1 fully saturated rings. The van der Waals surface area contributed by atoms with Crippen LogP contribution in [0.3, 0.4) is 0 Å². The van der Waals surface area contributed by atoms with Crippen LogP contribution in [0.1, 0.15) is 37.7 Å². The van der Waals surface area contributed by atoms with Crippen LogP contribution in [0.2, 0.25) is 0 Å². The summed E-state index contributed by atoms with van der Waals surface area (Å²) in [5.74, 6) is 0. The van der Waals surface area contributed by atoms with Crippen molar-refractivity contribution in [2.75, 3.05) is 5.32 Å². The first kappa shape index (κ1) is 13.7. The molecule has 1 aromatic rings. The van der Waals surface area contributed by atoms with Crippen LogP contribution < -0.4 is 5.32 Å². The molecule has 0 aromatic heterocycles. The van der Waals surface area contributed by atoms with Crippen molar-refractivity contribution in [3.05, 3.63) is 28.2 Å². The van der Waals surface area contributed by atoms with Crippen LogP contribution >= 0.6 is 15.9 Å². The molecular formula is C13H15BrF3N. The fraction of sp³-hybridized carbons (Fsp3) is 0.538. The van der Waals surface area contributed by atoms with Gasteiger partial charge in [0.2, 0.25) is 0 Å². The standard InChI is InChI=1S/C13H15BrF3N/c14-12-7-6-10(8-11(12)13(15,16)17)18-9-4-2-1-3-5-9/h6-9,18H,1-5H2. The highest BCUT2D eigenvalue weighted by molar-refractivity contribution is 9.10. The van der Waals surface area contributed by atoms with Crippen molar-refractivity contribution in [1.82, 2.24) is 0 Å². The Hall–Kier alpha value is -0.710. The molecule has 2 rings (SSSR count). The minimum atomic E-state index is -4.32. The quantitative estimate of drug-likeness (QED) is 0.788. The Kier molecular flexibility index (Phi) is 4.20. The summed E-state index contributed by atoms with van der Waals surface area (Å²) in [4.78, 5) is 0. The maximum atomic E-state index is 12.7. The third kappa shape index (κ3) is 3.40. The molecule has 1 aromatic carbocycles. The highest BCUT2D eigenvalue weighted by atomic mass is 79.9. The lowest BCUT2D eigenvalue weighted by Crippen LogP contribution is -2.22. The van der Waals surface area contributed by atoms with E-state index in [1.54, 1.807) is 6.07 Å². The Balaban J connectivity index is 2.14. The van der Waals surface area contributed by atoms with E-state index in [-0.39, 0.29) is 4.47 Å². The lowest BCUT2D eigenvalue weighted by atomic mass is 9.95. The topological polar surface area (TPSA) is 12.0 Å². The molecule has 100 valence electrons. The van der Waals surface area contributed by atoms with E-state index >= 15 is 0 Å². The van der Waals surface area contributed by atoms with E-state index in [0.29, 0.717) is 11.7 Å². The van der Waals surface area contributed by atoms with Gasteiger partial charge in [0.05, 0.1) is 5.56 Å². The first-order valence-electron chi connectivity index (χ1n) is 6.10. The highest BCUT2D eigenvalue weighted by Gasteiger charge is 2.33. The van der Waals surface area contributed by atoms with Gasteiger partial charge in [0.1, 0.15) is 0 Å². The second-order valence-electron chi connectivity index (χ2n) is 4.67. The van der Waals surface area contributed by atoms with E-state index in [2.05, 4.69) is 21.2 Å². The Morgan fingerprint density at radius 3 is 2.39 bits per heavy atom. The molecule has 0 unspecified atom stereocenters.